The van der Waals surface area contributed by atoms with Gasteiger partial charge in [0, 0.05) is 68.9 Å². The third-order valence-electron chi connectivity index (χ3n) is 5.98. The zero-order valence-electron chi connectivity index (χ0n) is 15.9. The van der Waals surface area contributed by atoms with E-state index in [-0.39, 0.29) is 17.7 Å². The molecule has 2 atom stereocenters. The molecule has 146 valence electrons. The number of thioether (sulfide) groups is 1. The average molecular weight is 389 g/mol. The molecule has 0 spiro atoms. The zero-order valence-corrected chi connectivity index (χ0v) is 16.7. The van der Waals surface area contributed by atoms with Crippen LogP contribution in [0.4, 0.5) is 5.69 Å². The van der Waals surface area contributed by atoms with Crippen molar-refractivity contribution in [1.82, 2.24) is 15.1 Å². The number of amides is 2. The first-order valence-corrected chi connectivity index (χ1v) is 11.1. The predicted octanol–water partition coefficient (Wildman–Crippen LogP) is 1.27. The lowest BCUT2D eigenvalue weighted by Gasteiger charge is -2.32. The Kier molecular flexibility index (Phi) is 5.71. The molecule has 0 radical (unpaired) electrons. The fraction of sp³-hybridized carbons (Fsp3) is 0.600. The molecule has 3 aliphatic rings. The highest BCUT2D eigenvalue weighted by Crippen LogP contribution is 2.30. The van der Waals surface area contributed by atoms with Gasteiger partial charge in [0.2, 0.25) is 11.8 Å². The molecule has 27 heavy (non-hydrogen) atoms. The minimum atomic E-state index is -0.211. The van der Waals surface area contributed by atoms with Crippen molar-refractivity contribution in [3.8, 4) is 0 Å². The molecule has 3 aliphatic heterocycles. The number of likely N-dealkylation sites (tertiary alicyclic amines) is 1. The molecule has 7 heteroatoms. The molecule has 1 N–H and O–H groups in total. The number of nitrogens with zero attached hydrogens (tertiary/aromatic N) is 3. The highest BCUT2D eigenvalue weighted by atomic mass is 32.2. The third kappa shape index (κ3) is 4.00. The second-order valence-corrected chi connectivity index (χ2v) is 8.50. The van der Waals surface area contributed by atoms with E-state index in [1.165, 1.54) is 0 Å². The van der Waals surface area contributed by atoms with Crippen molar-refractivity contribution < 1.29 is 9.59 Å². The fourth-order valence-electron chi connectivity index (χ4n) is 4.45. The van der Waals surface area contributed by atoms with Crippen LogP contribution in [0.15, 0.2) is 29.2 Å². The molecule has 0 aliphatic carbocycles. The quantitative estimate of drug-likeness (QED) is 0.788. The van der Waals surface area contributed by atoms with Crippen molar-refractivity contribution in [2.45, 2.75) is 23.8 Å². The number of carbonyl (C=O) groups is 2. The Morgan fingerprint density at radius 1 is 1.19 bits per heavy atom. The van der Waals surface area contributed by atoms with Crippen LogP contribution >= 0.6 is 11.8 Å². The van der Waals surface area contributed by atoms with Gasteiger partial charge in [0.15, 0.2) is 0 Å². The van der Waals surface area contributed by atoms with Crippen molar-refractivity contribution >= 4 is 29.3 Å². The van der Waals surface area contributed by atoms with E-state index in [1.807, 2.05) is 35.4 Å². The maximum absolute atomic E-state index is 13.0. The summed E-state index contributed by atoms with van der Waals surface area (Å²) < 4.78 is 0. The van der Waals surface area contributed by atoms with Crippen LogP contribution in [0, 0.1) is 5.92 Å². The van der Waals surface area contributed by atoms with Crippen LogP contribution in [0.2, 0.25) is 0 Å². The van der Waals surface area contributed by atoms with E-state index in [0.717, 1.165) is 56.3 Å². The fourth-order valence-corrected chi connectivity index (χ4v) is 4.90. The molecule has 3 heterocycles. The standard InChI is InChI=1S/C20H28N4O2S/c1-27-18-4-2-3-16(12-18)24-13-15(11-19(24)25)20(26)23-8-5-17(14-23)22-9-6-21-7-10-22/h2-4,12,15,17,21H,5-11,13-14H2,1H3. The van der Waals surface area contributed by atoms with Gasteiger partial charge in [0.05, 0.1) is 5.92 Å². The van der Waals surface area contributed by atoms with E-state index in [0.29, 0.717) is 19.0 Å². The summed E-state index contributed by atoms with van der Waals surface area (Å²) in [6, 6.07) is 8.48. The lowest BCUT2D eigenvalue weighted by Crippen LogP contribution is -2.49. The monoisotopic (exact) mass is 388 g/mol. The summed E-state index contributed by atoms with van der Waals surface area (Å²) in [4.78, 5) is 33.0. The van der Waals surface area contributed by atoms with Crippen molar-refractivity contribution in [3.05, 3.63) is 24.3 Å². The molecule has 0 aromatic heterocycles. The Hall–Kier alpha value is -1.57. The van der Waals surface area contributed by atoms with E-state index < -0.39 is 0 Å². The number of nitrogens with one attached hydrogen (secondary N) is 1. The van der Waals surface area contributed by atoms with Crippen LogP contribution in [0.25, 0.3) is 0 Å². The van der Waals surface area contributed by atoms with Gasteiger partial charge in [0.1, 0.15) is 0 Å². The van der Waals surface area contributed by atoms with E-state index in [2.05, 4.69) is 10.2 Å². The van der Waals surface area contributed by atoms with E-state index in [9.17, 15) is 9.59 Å². The third-order valence-corrected chi connectivity index (χ3v) is 6.71. The normalized spacial score (nSPS) is 26.8. The van der Waals surface area contributed by atoms with E-state index >= 15 is 0 Å². The first-order chi connectivity index (χ1) is 13.2. The van der Waals surface area contributed by atoms with Crippen LogP contribution in [-0.2, 0) is 9.59 Å². The van der Waals surface area contributed by atoms with Crippen LogP contribution in [-0.4, -0.2) is 79.7 Å². The molecule has 3 fully saturated rings. The maximum Gasteiger partial charge on any atom is 0.228 e. The molecule has 0 saturated carbocycles. The Balaban J connectivity index is 1.38. The minimum absolute atomic E-state index is 0.0597. The van der Waals surface area contributed by atoms with E-state index in [4.69, 9.17) is 0 Å². The van der Waals surface area contributed by atoms with Crippen molar-refractivity contribution in [1.29, 1.82) is 0 Å². The number of piperazine rings is 1. The number of hydrogen-bond donors (Lipinski definition) is 1. The average Bonchev–Trinajstić information content (AvgIpc) is 3.35. The summed E-state index contributed by atoms with van der Waals surface area (Å²) in [6.45, 7) is 6.33. The molecule has 1 aromatic rings. The maximum atomic E-state index is 13.0. The summed E-state index contributed by atoms with van der Waals surface area (Å²) >= 11 is 1.66. The van der Waals surface area contributed by atoms with Gasteiger partial charge in [-0.15, -0.1) is 11.8 Å². The lowest BCUT2D eigenvalue weighted by atomic mass is 10.1. The summed E-state index contributed by atoms with van der Waals surface area (Å²) in [5, 5.41) is 3.38. The Bertz CT molecular complexity index is 707. The number of carbonyl (C=O) groups excluding carboxylic acids is 2. The van der Waals surface area contributed by atoms with Gasteiger partial charge in [-0.05, 0) is 30.9 Å². The summed E-state index contributed by atoms with van der Waals surface area (Å²) in [7, 11) is 0. The molecule has 1 aromatic carbocycles. The topological polar surface area (TPSA) is 55.9 Å². The largest absolute Gasteiger partial charge is 0.341 e. The van der Waals surface area contributed by atoms with Crippen LogP contribution < -0.4 is 10.2 Å². The van der Waals surface area contributed by atoms with Gasteiger partial charge in [-0.3, -0.25) is 14.5 Å². The smallest absolute Gasteiger partial charge is 0.228 e. The zero-order chi connectivity index (χ0) is 18.8. The van der Waals surface area contributed by atoms with Crippen molar-refractivity contribution in [3.63, 3.8) is 0 Å². The number of hydrogen-bond acceptors (Lipinski definition) is 5. The molecule has 2 unspecified atom stereocenters. The van der Waals surface area contributed by atoms with Gasteiger partial charge in [-0.2, -0.15) is 0 Å². The van der Waals surface area contributed by atoms with Crippen molar-refractivity contribution in [2.24, 2.45) is 5.92 Å². The SMILES string of the molecule is CSc1cccc(N2CC(C(=O)N3CCC(N4CCNCC4)C3)CC2=O)c1. The van der Waals surface area contributed by atoms with Crippen LogP contribution in [0.1, 0.15) is 12.8 Å². The van der Waals surface area contributed by atoms with Gasteiger partial charge in [-0.1, -0.05) is 6.07 Å². The first-order valence-electron chi connectivity index (χ1n) is 9.83. The second kappa shape index (κ2) is 8.20. The minimum Gasteiger partial charge on any atom is -0.341 e. The van der Waals surface area contributed by atoms with Gasteiger partial charge < -0.3 is 15.1 Å². The summed E-state index contributed by atoms with van der Waals surface area (Å²) in [6.07, 6.45) is 3.41. The van der Waals surface area contributed by atoms with Crippen molar-refractivity contribution in [2.75, 3.05) is 57.0 Å². The van der Waals surface area contributed by atoms with Crippen LogP contribution in [0.5, 0.6) is 0 Å². The number of anilines is 1. The molecule has 6 nitrogen and oxygen atoms in total. The van der Waals surface area contributed by atoms with Gasteiger partial charge >= 0.3 is 0 Å². The predicted molar refractivity (Wildman–Crippen MR) is 108 cm³/mol. The Morgan fingerprint density at radius 2 is 2.00 bits per heavy atom. The molecular formula is C20H28N4O2S. The second-order valence-electron chi connectivity index (χ2n) is 7.62. The molecule has 3 saturated heterocycles. The molecule has 2 amide bonds. The highest BCUT2D eigenvalue weighted by Gasteiger charge is 2.40. The molecular weight excluding hydrogens is 360 g/mol. The van der Waals surface area contributed by atoms with Crippen LogP contribution in [0.3, 0.4) is 0 Å². The lowest BCUT2D eigenvalue weighted by molar-refractivity contribution is -0.135. The highest BCUT2D eigenvalue weighted by molar-refractivity contribution is 7.98. The van der Waals surface area contributed by atoms with Gasteiger partial charge in [0.25, 0.3) is 0 Å². The molecule has 0 bridgehead atoms. The summed E-state index contributed by atoms with van der Waals surface area (Å²) in [5.41, 5.74) is 0.905. The van der Waals surface area contributed by atoms with E-state index in [1.54, 1.807) is 16.7 Å². The van der Waals surface area contributed by atoms with Gasteiger partial charge in [-0.25, -0.2) is 0 Å². The molecule has 4 rings (SSSR count). The Morgan fingerprint density at radius 3 is 2.78 bits per heavy atom. The first kappa shape index (κ1) is 18.8. The number of benzene rings is 1. The Labute approximate surface area is 165 Å². The number of rotatable bonds is 4. The summed E-state index contributed by atoms with van der Waals surface area (Å²) in [5.74, 6) is 0.00571.